The van der Waals surface area contributed by atoms with E-state index in [4.69, 9.17) is 9.73 Å². The molecule has 198 valence electrons. The summed E-state index contributed by atoms with van der Waals surface area (Å²) in [7, 11) is 0. The number of non-ortho nitro benzene ring substituents is 1. The van der Waals surface area contributed by atoms with E-state index >= 15 is 0 Å². The summed E-state index contributed by atoms with van der Waals surface area (Å²) >= 11 is 7.42. The van der Waals surface area contributed by atoms with Crippen molar-refractivity contribution in [2.45, 2.75) is 32.3 Å². The molecule has 0 bridgehead atoms. The van der Waals surface area contributed by atoms with E-state index < -0.39 is 4.92 Å². The average molecular weight is 716 g/mol. The van der Waals surface area contributed by atoms with Gasteiger partial charge in [-0.3, -0.25) is 14.9 Å². The number of para-hydroxylation sites is 1. The first-order valence-electron chi connectivity index (χ1n) is 12.3. The molecule has 0 spiro atoms. The Balaban J connectivity index is 1.35. The summed E-state index contributed by atoms with van der Waals surface area (Å²) in [6.45, 7) is 0.278. The molecular formula is C29H23BrIN3O4S. The number of halogens is 2. The molecule has 1 amide bonds. The molecular weight excluding hydrogens is 693 g/mol. The number of rotatable bonds is 8. The molecule has 0 aliphatic heterocycles. The van der Waals surface area contributed by atoms with Crippen molar-refractivity contribution in [3.8, 4) is 5.75 Å². The lowest BCUT2D eigenvalue weighted by Gasteiger charge is -2.13. The third-order valence-corrected chi connectivity index (χ3v) is 8.88. The smallest absolute Gasteiger partial charge is 0.269 e. The number of hydrogen-bond acceptors (Lipinski definition) is 6. The maximum atomic E-state index is 13.3. The standard InChI is InChI=1S/C29H23BrIN3O4S/c30-23-14-19(15-24(31)27(23)38-17-18-10-12-21(13-11-18)34(36)37)16-32-29-26(22-8-4-5-9-25(22)39-29)28(35)33-20-6-2-1-3-7-20/h1-3,6-7,10-16H,4-5,8-9,17H2,(H,33,35). The molecule has 0 saturated heterocycles. The van der Waals surface area contributed by atoms with Gasteiger partial charge in [0.05, 0.1) is 18.5 Å². The SMILES string of the molecule is O=C(Nc1ccccc1)c1c(N=Cc2cc(Br)c(OCc3ccc([N+](=O)[O-])cc3)c(I)c2)sc2c1CCCC2. The predicted octanol–water partition coefficient (Wildman–Crippen LogP) is 8.48. The van der Waals surface area contributed by atoms with E-state index in [0.717, 1.165) is 61.1 Å². The Kier molecular flexibility index (Phi) is 8.73. The molecule has 5 rings (SSSR count). The van der Waals surface area contributed by atoms with Crippen molar-refractivity contribution in [1.29, 1.82) is 0 Å². The largest absolute Gasteiger partial charge is 0.487 e. The summed E-state index contributed by atoms with van der Waals surface area (Å²) in [5, 5.41) is 14.6. The molecule has 0 atom stereocenters. The molecule has 1 N–H and O–H groups in total. The second kappa shape index (κ2) is 12.4. The summed E-state index contributed by atoms with van der Waals surface area (Å²) in [5.41, 5.74) is 4.30. The van der Waals surface area contributed by atoms with Crippen LogP contribution < -0.4 is 10.1 Å². The first-order chi connectivity index (χ1) is 18.9. The highest BCUT2D eigenvalue weighted by atomic mass is 127. The molecule has 0 fully saturated rings. The molecule has 39 heavy (non-hydrogen) atoms. The summed E-state index contributed by atoms with van der Waals surface area (Å²) in [4.78, 5) is 29.8. The molecule has 1 aliphatic rings. The first kappa shape index (κ1) is 27.5. The highest BCUT2D eigenvalue weighted by molar-refractivity contribution is 14.1. The maximum Gasteiger partial charge on any atom is 0.269 e. The van der Waals surface area contributed by atoms with E-state index in [1.54, 1.807) is 29.7 Å². The van der Waals surface area contributed by atoms with Crippen molar-refractivity contribution in [2.24, 2.45) is 4.99 Å². The van der Waals surface area contributed by atoms with Gasteiger partial charge in [0.15, 0.2) is 0 Å². The Morgan fingerprint density at radius 2 is 1.87 bits per heavy atom. The highest BCUT2D eigenvalue weighted by Gasteiger charge is 2.25. The molecule has 1 heterocycles. The van der Waals surface area contributed by atoms with Crippen LogP contribution in [0, 0.1) is 13.7 Å². The van der Waals surface area contributed by atoms with Gasteiger partial charge < -0.3 is 10.1 Å². The predicted molar refractivity (Wildman–Crippen MR) is 167 cm³/mol. The second-order valence-electron chi connectivity index (χ2n) is 9.00. The van der Waals surface area contributed by atoms with Crippen LogP contribution in [0.15, 0.2) is 76.2 Å². The fourth-order valence-electron chi connectivity index (χ4n) is 4.39. The number of ether oxygens (including phenoxy) is 1. The number of fused-ring (bicyclic) bond motifs is 1. The third kappa shape index (κ3) is 6.56. The summed E-state index contributed by atoms with van der Waals surface area (Å²) in [6.07, 6.45) is 5.85. The first-order valence-corrected chi connectivity index (χ1v) is 15.0. The van der Waals surface area contributed by atoms with Crippen LogP contribution in [0.5, 0.6) is 5.75 Å². The van der Waals surface area contributed by atoms with Gasteiger partial charge in [-0.15, -0.1) is 11.3 Å². The van der Waals surface area contributed by atoms with Crippen molar-refractivity contribution in [2.75, 3.05) is 5.32 Å². The Bertz CT molecular complexity index is 1530. The van der Waals surface area contributed by atoms with Gasteiger partial charge in [-0.1, -0.05) is 18.2 Å². The number of anilines is 1. The van der Waals surface area contributed by atoms with Gasteiger partial charge in [0, 0.05) is 28.9 Å². The zero-order chi connectivity index (χ0) is 27.4. The third-order valence-electron chi connectivity index (χ3n) is 6.29. The van der Waals surface area contributed by atoms with Crippen molar-refractivity contribution in [3.63, 3.8) is 0 Å². The second-order valence-corrected chi connectivity index (χ2v) is 12.1. The number of thiophene rings is 1. The van der Waals surface area contributed by atoms with E-state index in [1.807, 2.05) is 42.5 Å². The summed E-state index contributed by atoms with van der Waals surface area (Å²) < 4.78 is 7.67. The quantitative estimate of drug-likeness (QED) is 0.0857. The molecule has 3 aromatic carbocycles. The molecule has 1 aliphatic carbocycles. The van der Waals surface area contributed by atoms with E-state index in [2.05, 4.69) is 43.8 Å². The molecule has 7 nitrogen and oxygen atoms in total. The number of nitrogens with one attached hydrogen (secondary N) is 1. The van der Waals surface area contributed by atoms with E-state index in [0.29, 0.717) is 11.3 Å². The number of benzene rings is 3. The van der Waals surface area contributed by atoms with Crippen LogP contribution in [0.1, 0.15) is 44.8 Å². The lowest BCUT2D eigenvalue weighted by molar-refractivity contribution is -0.384. The van der Waals surface area contributed by atoms with Crippen LogP contribution in [0.25, 0.3) is 0 Å². The average Bonchev–Trinajstić information content (AvgIpc) is 3.31. The van der Waals surface area contributed by atoms with Gasteiger partial charge in [0.2, 0.25) is 0 Å². The highest BCUT2D eigenvalue weighted by Crippen LogP contribution is 2.40. The van der Waals surface area contributed by atoms with Gasteiger partial charge in [0.25, 0.3) is 11.6 Å². The number of hydrogen-bond donors (Lipinski definition) is 1. The number of nitrogens with zero attached hydrogens (tertiary/aromatic N) is 2. The maximum absolute atomic E-state index is 13.3. The molecule has 1 aromatic heterocycles. The molecule has 0 radical (unpaired) electrons. The molecule has 0 saturated carbocycles. The lowest BCUT2D eigenvalue weighted by Crippen LogP contribution is -2.14. The van der Waals surface area contributed by atoms with Crippen LogP contribution in [0.2, 0.25) is 0 Å². The van der Waals surface area contributed by atoms with Crippen molar-refractivity contribution >= 4 is 78.4 Å². The van der Waals surface area contributed by atoms with Gasteiger partial charge in [-0.05, 0) is 117 Å². The lowest BCUT2D eigenvalue weighted by atomic mass is 9.95. The van der Waals surface area contributed by atoms with Crippen LogP contribution in [0.3, 0.4) is 0 Å². The van der Waals surface area contributed by atoms with E-state index in [-0.39, 0.29) is 18.2 Å². The summed E-state index contributed by atoms with van der Waals surface area (Å²) in [6, 6.07) is 19.7. The number of aryl methyl sites for hydroxylation is 1. The molecule has 0 unspecified atom stereocenters. The Morgan fingerprint density at radius 3 is 2.59 bits per heavy atom. The number of carbonyl (C=O) groups is 1. The van der Waals surface area contributed by atoms with Gasteiger partial charge in [-0.2, -0.15) is 0 Å². The van der Waals surface area contributed by atoms with Crippen LogP contribution >= 0.6 is 49.9 Å². The monoisotopic (exact) mass is 715 g/mol. The zero-order valence-corrected chi connectivity index (χ0v) is 25.2. The van der Waals surface area contributed by atoms with Crippen LogP contribution in [-0.2, 0) is 19.4 Å². The van der Waals surface area contributed by atoms with E-state index in [1.165, 1.54) is 17.0 Å². The number of aliphatic imine (C=N–C) groups is 1. The number of amides is 1. The number of carbonyl (C=O) groups excluding carboxylic acids is 1. The minimum absolute atomic E-state index is 0.0467. The van der Waals surface area contributed by atoms with Crippen LogP contribution in [-0.4, -0.2) is 17.0 Å². The van der Waals surface area contributed by atoms with Gasteiger partial charge in [-0.25, -0.2) is 4.99 Å². The number of nitro benzene ring substituents is 1. The van der Waals surface area contributed by atoms with Crippen LogP contribution in [0.4, 0.5) is 16.4 Å². The fraction of sp³-hybridized carbons (Fsp3) is 0.172. The molecule has 10 heteroatoms. The van der Waals surface area contributed by atoms with Crippen molar-refractivity contribution in [1.82, 2.24) is 0 Å². The zero-order valence-electron chi connectivity index (χ0n) is 20.7. The van der Waals surface area contributed by atoms with Crippen molar-refractivity contribution < 1.29 is 14.5 Å². The topological polar surface area (TPSA) is 93.8 Å². The van der Waals surface area contributed by atoms with E-state index in [9.17, 15) is 14.9 Å². The minimum Gasteiger partial charge on any atom is -0.487 e. The van der Waals surface area contributed by atoms with Gasteiger partial charge in [0.1, 0.15) is 17.4 Å². The fourth-order valence-corrected chi connectivity index (χ4v) is 7.39. The van der Waals surface area contributed by atoms with Crippen molar-refractivity contribution in [3.05, 3.63) is 112 Å². The van der Waals surface area contributed by atoms with Gasteiger partial charge >= 0.3 is 0 Å². The normalized spacial score (nSPS) is 12.8. The Hall–Kier alpha value is -3.09. The summed E-state index contributed by atoms with van der Waals surface area (Å²) in [5.74, 6) is 0.555. The number of nitro groups is 1. The Labute approximate surface area is 251 Å². The minimum atomic E-state index is -0.422. The Morgan fingerprint density at radius 1 is 1.13 bits per heavy atom. The molecule has 4 aromatic rings.